The number of nitrogens with two attached hydrogens (primary N) is 1. The monoisotopic (exact) mass is 177 g/mol. The van der Waals surface area contributed by atoms with E-state index in [1.165, 1.54) is 12.8 Å². The van der Waals surface area contributed by atoms with Crippen LogP contribution in [0.2, 0.25) is 0 Å². The molecule has 0 heterocycles. The molecule has 2 nitrogen and oxygen atoms in total. The van der Waals surface area contributed by atoms with E-state index >= 15 is 0 Å². The summed E-state index contributed by atoms with van der Waals surface area (Å²) in [6, 6.07) is 7.52. The van der Waals surface area contributed by atoms with Crippen LogP contribution >= 0.6 is 0 Å². The van der Waals surface area contributed by atoms with Gasteiger partial charge in [0.15, 0.2) is 0 Å². The number of aliphatic hydroxyl groups is 1. The summed E-state index contributed by atoms with van der Waals surface area (Å²) in [5.41, 5.74) is 7.31. The maximum Gasteiger partial charge on any atom is 0.0793 e. The predicted molar refractivity (Wildman–Crippen MR) is 53.2 cm³/mol. The van der Waals surface area contributed by atoms with Gasteiger partial charge < -0.3 is 10.8 Å². The maximum absolute atomic E-state index is 9.80. The lowest BCUT2D eigenvalue weighted by Gasteiger charge is -2.10. The third-order valence-corrected chi connectivity index (χ3v) is 2.55. The summed E-state index contributed by atoms with van der Waals surface area (Å²) >= 11 is 0. The molecule has 2 heteroatoms. The SMILES string of the molecule is Nc1cccc(C(O)CC2CC2)c1. The molecule has 0 amide bonds. The van der Waals surface area contributed by atoms with Crippen molar-refractivity contribution in [1.82, 2.24) is 0 Å². The number of anilines is 1. The van der Waals surface area contributed by atoms with Crippen molar-refractivity contribution >= 4 is 5.69 Å². The smallest absolute Gasteiger partial charge is 0.0793 e. The Hall–Kier alpha value is -1.02. The van der Waals surface area contributed by atoms with Crippen molar-refractivity contribution in [2.45, 2.75) is 25.4 Å². The lowest BCUT2D eigenvalue weighted by molar-refractivity contribution is 0.160. The molecule has 70 valence electrons. The standard InChI is InChI=1S/C11H15NO/c12-10-3-1-2-9(7-10)11(13)6-8-4-5-8/h1-3,7-8,11,13H,4-6,12H2. The molecule has 1 saturated carbocycles. The first-order valence-corrected chi connectivity index (χ1v) is 4.79. The third-order valence-electron chi connectivity index (χ3n) is 2.55. The van der Waals surface area contributed by atoms with Crippen LogP contribution in [0.15, 0.2) is 24.3 Å². The minimum atomic E-state index is -0.323. The molecule has 1 aromatic carbocycles. The molecule has 0 aliphatic heterocycles. The summed E-state index contributed by atoms with van der Waals surface area (Å²) in [5.74, 6) is 0.747. The summed E-state index contributed by atoms with van der Waals surface area (Å²) in [6.45, 7) is 0. The lowest BCUT2D eigenvalue weighted by Crippen LogP contribution is -1.99. The Morgan fingerprint density at radius 3 is 2.85 bits per heavy atom. The molecule has 2 rings (SSSR count). The zero-order valence-corrected chi connectivity index (χ0v) is 7.61. The van der Waals surface area contributed by atoms with Crippen LogP contribution in [0.5, 0.6) is 0 Å². The van der Waals surface area contributed by atoms with Crippen molar-refractivity contribution in [2.75, 3.05) is 5.73 Å². The first kappa shape index (κ1) is 8.57. The predicted octanol–water partition coefficient (Wildman–Crippen LogP) is 2.10. The van der Waals surface area contributed by atoms with Gasteiger partial charge in [-0.05, 0) is 30.0 Å². The number of hydrogen-bond donors (Lipinski definition) is 2. The van der Waals surface area contributed by atoms with Gasteiger partial charge in [0.1, 0.15) is 0 Å². The second-order valence-corrected chi connectivity index (χ2v) is 3.86. The normalized spacial score (nSPS) is 18.5. The third kappa shape index (κ3) is 2.22. The molecule has 0 spiro atoms. The Kier molecular flexibility index (Phi) is 2.23. The fourth-order valence-corrected chi connectivity index (χ4v) is 1.57. The van der Waals surface area contributed by atoms with E-state index in [-0.39, 0.29) is 6.10 Å². The second-order valence-electron chi connectivity index (χ2n) is 3.86. The van der Waals surface area contributed by atoms with E-state index in [1.54, 1.807) is 0 Å². The highest BCUT2D eigenvalue weighted by molar-refractivity contribution is 5.41. The minimum Gasteiger partial charge on any atom is -0.399 e. The molecular weight excluding hydrogens is 162 g/mol. The molecule has 13 heavy (non-hydrogen) atoms. The van der Waals surface area contributed by atoms with Crippen molar-refractivity contribution < 1.29 is 5.11 Å². The number of aliphatic hydroxyl groups excluding tert-OH is 1. The number of benzene rings is 1. The maximum atomic E-state index is 9.80. The first-order valence-electron chi connectivity index (χ1n) is 4.79. The molecule has 1 atom stereocenters. The zero-order chi connectivity index (χ0) is 9.26. The fourth-order valence-electron chi connectivity index (χ4n) is 1.57. The van der Waals surface area contributed by atoms with Crippen molar-refractivity contribution in [2.24, 2.45) is 5.92 Å². The number of rotatable bonds is 3. The largest absolute Gasteiger partial charge is 0.399 e. The summed E-state index contributed by atoms with van der Waals surface area (Å²) < 4.78 is 0. The van der Waals surface area contributed by atoms with Crippen LogP contribution in [0, 0.1) is 5.92 Å². The van der Waals surface area contributed by atoms with Gasteiger partial charge in [0.05, 0.1) is 6.10 Å². The van der Waals surface area contributed by atoms with Crippen molar-refractivity contribution in [3.8, 4) is 0 Å². The average Bonchev–Trinajstić information content (AvgIpc) is 2.88. The molecule has 1 aliphatic rings. The van der Waals surface area contributed by atoms with E-state index in [4.69, 9.17) is 5.73 Å². The Morgan fingerprint density at radius 1 is 1.46 bits per heavy atom. The minimum absolute atomic E-state index is 0.323. The first-order chi connectivity index (χ1) is 6.25. The molecule has 1 unspecified atom stereocenters. The summed E-state index contributed by atoms with van der Waals surface area (Å²) in [4.78, 5) is 0. The highest BCUT2D eigenvalue weighted by Gasteiger charge is 2.25. The summed E-state index contributed by atoms with van der Waals surface area (Å²) in [7, 11) is 0. The Bertz CT molecular complexity index is 294. The van der Waals surface area contributed by atoms with Crippen LogP contribution in [-0.2, 0) is 0 Å². The highest BCUT2D eigenvalue weighted by atomic mass is 16.3. The topological polar surface area (TPSA) is 46.2 Å². The lowest BCUT2D eigenvalue weighted by atomic mass is 10.0. The Morgan fingerprint density at radius 2 is 2.23 bits per heavy atom. The number of nitrogen functional groups attached to an aromatic ring is 1. The Balaban J connectivity index is 2.04. The molecule has 3 N–H and O–H groups in total. The van der Waals surface area contributed by atoms with Crippen LogP contribution in [-0.4, -0.2) is 5.11 Å². The van der Waals surface area contributed by atoms with E-state index in [0.717, 1.165) is 23.6 Å². The van der Waals surface area contributed by atoms with Gasteiger partial charge in [-0.15, -0.1) is 0 Å². The number of hydrogen-bond acceptors (Lipinski definition) is 2. The van der Waals surface area contributed by atoms with E-state index in [0.29, 0.717) is 0 Å². The van der Waals surface area contributed by atoms with E-state index < -0.39 is 0 Å². The molecule has 0 radical (unpaired) electrons. The van der Waals surface area contributed by atoms with Crippen molar-refractivity contribution in [3.05, 3.63) is 29.8 Å². The van der Waals surface area contributed by atoms with Gasteiger partial charge in [0.2, 0.25) is 0 Å². The van der Waals surface area contributed by atoms with Gasteiger partial charge in [-0.2, -0.15) is 0 Å². The van der Waals surface area contributed by atoms with Crippen molar-refractivity contribution in [1.29, 1.82) is 0 Å². The van der Waals surface area contributed by atoms with Crippen LogP contribution in [0.1, 0.15) is 30.9 Å². The van der Waals surface area contributed by atoms with Gasteiger partial charge >= 0.3 is 0 Å². The highest BCUT2D eigenvalue weighted by Crippen LogP contribution is 2.37. The zero-order valence-electron chi connectivity index (χ0n) is 7.61. The van der Waals surface area contributed by atoms with Gasteiger partial charge in [-0.25, -0.2) is 0 Å². The van der Waals surface area contributed by atoms with Gasteiger partial charge in [-0.3, -0.25) is 0 Å². The van der Waals surface area contributed by atoms with Crippen LogP contribution in [0.4, 0.5) is 5.69 Å². The molecular formula is C11H15NO. The summed E-state index contributed by atoms with van der Waals surface area (Å²) in [6.07, 6.45) is 3.12. The Labute approximate surface area is 78.4 Å². The molecule has 0 bridgehead atoms. The van der Waals surface area contributed by atoms with Crippen LogP contribution in [0.3, 0.4) is 0 Å². The molecule has 1 aromatic rings. The quantitative estimate of drug-likeness (QED) is 0.694. The van der Waals surface area contributed by atoms with Crippen LogP contribution < -0.4 is 5.73 Å². The molecule has 1 fully saturated rings. The summed E-state index contributed by atoms with van der Waals surface area (Å²) in [5, 5.41) is 9.80. The van der Waals surface area contributed by atoms with E-state index in [9.17, 15) is 5.11 Å². The van der Waals surface area contributed by atoms with Crippen molar-refractivity contribution in [3.63, 3.8) is 0 Å². The van der Waals surface area contributed by atoms with Gasteiger partial charge in [0.25, 0.3) is 0 Å². The average molecular weight is 177 g/mol. The van der Waals surface area contributed by atoms with Gasteiger partial charge in [0, 0.05) is 5.69 Å². The molecule has 1 aliphatic carbocycles. The van der Waals surface area contributed by atoms with Gasteiger partial charge in [-0.1, -0.05) is 25.0 Å². The molecule has 0 aromatic heterocycles. The van der Waals surface area contributed by atoms with E-state index in [2.05, 4.69) is 0 Å². The fraction of sp³-hybridized carbons (Fsp3) is 0.455. The van der Waals surface area contributed by atoms with E-state index in [1.807, 2.05) is 24.3 Å². The second kappa shape index (κ2) is 3.38. The molecule has 0 saturated heterocycles. The van der Waals surface area contributed by atoms with Crippen LogP contribution in [0.25, 0.3) is 0 Å².